The Hall–Kier alpha value is -0.370. The van der Waals surface area contributed by atoms with Crippen LogP contribution in [-0.2, 0) is 14.3 Å². The van der Waals surface area contributed by atoms with Gasteiger partial charge in [-0.05, 0) is 0 Å². The summed E-state index contributed by atoms with van der Waals surface area (Å²) >= 11 is 0. The van der Waals surface area contributed by atoms with Crippen molar-refractivity contribution in [2.75, 3.05) is 6.61 Å². The SMILES string of the molecule is CC(=O)N[C@H]1[C@H]([C@H](O)[C@H](O)CO)O[C@](O)(C(=O)[O-])C(F)[C@@H]1O.[Na+]. The van der Waals surface area contributed by atoms with Gasteiger partial charge in [-0.1, -0.05) is 0 Å². The summed E-state index contributed by atoms with van der Waals surface area (Å²) in [5, 5.41) is 60.2. The summed E-state index contributed by atoms with van der Waals surface area (Å²) in [6, 6.07) is -1.69. The smallest absolute Gasteiger partial charge is 0.544 e. The molecular weight excluding hydrogens is 332 g/mol. The molecule has 1 aliphatic rings. The number of aliphatic hydroxyl groups is 5. The van der Waals surface area contributed by atoms with Gasteiger partial charge in [-0.15, -0.1) is 0 Å². The summed E-state index contributed by atoms with van der Waals surface area (Å²) in [7, 11) is 0. The molecule has 1 saturated heterocycles. The van der Waals surface area contributed by atoms with E-state index in [4.69, 9.17) is 5.11 Å². The Morgan fingerprint density at radius 2 is 1.96 bits per heavy atom. The molecule has 12 heteroatoms. The monoisotopic (exact) mass is 349 g/mol. The van der Waals surface area contributed by atoms with Gasteiger partial charge in [0.25, 0.3) is 0 Å². The molecule has 0 aromatic heterocycles. The van der Waals surface area contributed by atoms with E-state index in [1.807, 2.05) is 5.32 Å². The van der Waals surface area contributed by atoms with Gasteiger partial charge >= 0.3 is 29.6 Å². The predicted octanol–water partition coefficient (Wildman–Crippen LogP) is -8.25. The molecule has 1 unspecified atom stereocenters. The van der Waals surface area contributed by atoms with Gasteiger partial charge in [0.1, 0.15) is 30.4 Å². The number of rotatable bonds is 5. The van der Waals surface area contributed by atoms with E-state index in [1.165, 1.54) is 0 Å². The minimum atomic E-state index is -3.60. The fourth-order valence-electron chi connectivity index (χ4n) is 2.13. The summed E-state index contributed by atoms with van der Waals surface area (Å²) in [5.74, 6) is -6.81. The fourth-order valence-corrected chi connectivity index (χ4v) is 2.13. The number of alkyl halides is 1. The Morgan fingerprint density at radius 1 is 1.43 bits per heavy atom. The first kappa shape index (κ1) is 22.6. The van der Waals surface area contributed by atoms with Crippen molar-refractivity contribution in [3.8, 4) is 0 Å². The number of aliphatic carboxylic acids is 1. The number of carbonyl (C=O) groups excluding carboxylic acids is 2. The van der Waals surface area contributed by atoms with Crippen LogP contribution in [0.1, 0.15) is 6.92 Å². The number of hydrogen-bond acceptors (Lipinski definition) is 9. The van der Waals surface area contributed by atoms with Crippen LogP contribution in [0.15, 0.2) is 0 Å². The van der Waals surface area contributed by atoms with E-state index in [2.05, 4.69) is 4.74 Å². The van der Waals surface area contributed by atoms with Crippen LogP contribution in [0.5, 0.6) is 0 Å². The molecule has 0 spiro atoms. The Kier molecular flexibility index (Phi) is 8.51. The van der Waals surface area contributed by atoms with Gasteiger partial charge in [0, 0.05) is 6.92 Å². The number of halogens is 1. The molecule has 0 aliphatic carbocycles. The van der Waals surface area contributed by atoms with E-state index in [0.717, 1.165) is 6.92 Å². The summed E-state index contributed by atoms with van der Waals surface area (Å²) in [5.41, 5.74) is 0. The normalized spacial score (nSPS) is 36.5. The summed E-state index contributed by atoms with van der Waals surface area (Å²) in [6.45, 7) is 0.0120. The van der Waals surface area contributed by atoms with E-state index < -0.39 is 60.9 Å². The standard InChI is InChI=1S/C11H18FNO9.Na/c1-3(15)13-5-7(18)9(12)11(21,10(19)20)22-8(5)6(17)4(16)2-14;/h4-9,14,16-18,21H,2H2,1H3,(H,13,15)(H,19,20);/q;+1/p-1/t4-,5-,6-,7-,8-,9?,11+;/m1./s1. The molecule has 10 nitrogen and oxygen atoms in total. The van der Waals surface area contributed by atoms with Gasteiger partial charge < -0.3 is 45.5 Å². The molecule has 0 bridgehead atoms. The van der Waals surface area contributed by atoms with Crippen LogP contribution in [0.3, 0.4) is 0 Å². The van der Waals surface area contributed by atoms with Crippen molar-refractivity contribution < 1.29 is 78.9 Å². The van der Waals surface area contributed by atoms with Crippen molar-refractivity contribution >= 4 is 11.9 Å². The maximum atomic E-state index is 13.9. The van der Waals surface area contributed by atoms with Crippen molar-refractivity contribution in [3.63, 3.8) is 0 Å². The van der Waals surface area contributed by atoms with Crippen LogP contribution >= 0.6 is 0 Å². The molecule has 0 saturated carbocycles. The van der Waals surface area contributed by atoms with Crippen molar-refractivity contribution in [1.29, 1.82) is 0 Å². The molecule has 1 rings (SSSR count). The molecule has 6 N–H and O–H groups in total. The zero-order chi connectivity index (χ0) is 17.2. The van der Waals surface area contributed by atoms with E-state index in [-0.39, 0.29) is 29.6 Å². The number of amides is 1. The second-order valence-electron chi connectivity index (χ2n) is 4.93. The minimum absolute atomic E-state index is 0. The van der Waals surface area contributed by atoms with Gasteiger partial charge in [-0.2, -0.15) is 0 Å². The van der Waals surface area contributed by atoms with Gasteiger partial charge in [0.05, 0.1) is 12.6 Å². The van der Waals surface area contributed by atoms with Crippen molar-refractivity contribution in [3.05, 3.63) is 0 Å². The van der Waals surface area contributed by atoms with Crippen molar-refractivity contribution in [2.24, 2.45) is 0 Å². The molecule has 1 fully saturated rings. The third-order valence-electron chi connectivity index (χ3n) is 3.29. The molecule has 1 heterocycles. The van der Waals surface area contributed by atoms with Gasteiger partial charge in [0.2, 0.25) is 11.7 Å². The Balaban J connectivity index is 0.00000484. The maximum Gasteiger partial charge on any atom is 1.00 e. The van der Waals surface area contributed by atoms with Gasteiger partial charge in [-0.25, -0.2) is 4.39 Å². The molecule has 7 atom stereocenters. The number of ether oxygens (including phenoxy) is 1. The van der Waals surface area contributed by atoms with Crippen LogP contribution in [-0.4, -0.2) is 86.4 Å². The first-order chi connectivity index (χ1) is 10.1. The number of carbonyl (C=O) groups is 2. The number of carboxylic acids is 1. The molecule has 0 radical (unpaired) electrons. The third kappa shape index (κ3) is 4.59. The van der Waals surface area contributed by atoms with Crippen LogP contribution in [0.4, 0.5) is 4.39 Å². The molecule has 1 aliphatic heterocycles. The predicted molar refractivity (Wildman–Crippen MR) is 62.4 cm³/mol. The first-order valence-corrected chi connectivity index (χ1v) is 6.24. The van der Waals surface area contributed by atoms with Gasteiger partial charge in [0.15, 0.2) is 6.17 Å². The molecule has 0 aromatic rings. The average molecular weight is 349 g/mol. The van der Waals surface area contributed by atoms with E-state index in [1.54, 1.807) is 0 Å². The van der Waals surface area contributed by atoms with Crippen LogP contribution in [0.25, 0.3) is 0 Å². The largest absolute Gasteiger partial charge is 1.00 e. The number of nitrogens with one attached hydrogen (secondary N) is 1. The van der Waals surface area contributed by atoms with Crippen molar-refractivity contribution in [2.45, 2.75) is 49.3 Å². The van der Waals surface area contributed by atoms with Crippen molar-refractivity contribution in [1.82, 2.24) is 5.32 Å². The minimum Gasteiger partial charge on any atom is -0.544 e. The van der Waals surface area contributed by atoms with E-state index >= 15 is 0 Å². The quantitative estimate of drug-likeness (QED) is 0.263. The molecule has 23 heavy (non-hydrogen) atoms. The molecular formula is C11H17FNNaO9. The first-order valence-electron chi connectivity index (χ1n) is 6.24. The maximum absolute atomic E-state index is 13.9. The third-order valence-corrected chi connectivity index (χ3v) is 3.29. The number of aliphatic hydroxyl groups excluding tert-OH is 4. The Labute approximate surface area is 152 Å². The topological polar surface area (TPSA) is 180 Å². The van der Waals surface area contributed by atoms with Crippen LogP contribution < -0.4 is 40.0 Å². The number of hydrogen-bond donors (Lipinski definition) is 6. The van der Waals surface area contributed by atoms with Gasteiger partial charge in [-0.3, -0.25) is 4.79 Å². The number of carboxylic acid groups (broad SMARTS) is 1. The zero-order valence-corrected chi connectivity index (χ0v) is 14.4. The van der Waals surface area contributed by atoms with E-state index in [9.17, 15) is 39.5 Å². The summed E-state index contributed by atoms with van der Waals surface area (Å²) < 4.78 is 18.4. The molecule has 1 amide bonds. The zero-order valence-electron chi connectivity index (χ0n) is 12.4. The Morgan fingerprint density at radius 3 is 2.35 bits per heavy atom. The Bertz CT molecular complexity index is 442. The van der Waals surface area contributed by atoms with Crippen LogP contribution in [0, 0.1) is 0 Å². The van der Waals surface area contributed by atoms with E-state index in [0.29, 0.717) is 0 Å². The fraction of sp³-hybridized carbons (Fsp3) is 0.818. The average Bonchev–Trinajstić information content (AvgIpc) is 2.45. The summed E-state index contributed by atoms with van der Waals surface area (Å²) in [6.07, 6.45) is -11.0. The summed E-state index contributed by atoms with van der Waals surface area (Å²) in [4.78, 5) is 21.9. The molecule has 0 aromatic carbocycles. The second-order valence-corrected chi connectivity index (χ2v) is 4.93. The molecule has 128 valence electrons. The van der Waals surface area contributed by atoms with Crippen LogP contribution in [0.2, 0.25) is 0 Å². The second kappa shape index (κ2) is 8.65.